The summed E-state index contributed by atoms with van der Waals surface area (Å²) in [6, 6.07) is 9.15. The van der Waals surface area contributed by atoms with E-state index in [2.05, 4.69) is 11.9 Å². The SMILES string of the molecule is CCCc1cc(CO)cc(Oc2cc(Cl)ccc2C)n1. The third-order valence-corrected chi connectivity index (χ3v) is 3.20. The second kappa shape index (κ2) is 6.73. The molecule has 1 heterocycles. The number of halogens is 1. The molecule has 0 bridgehead atoms. The summed E-state index contributed by atoms with van der Waals surface area (Å²) >= 11 is 5.98. The maximum absolute atomic E-state index is 9.32. The van der Waals surface area contributed by atoms with Gasteiger partial charge >= 0.3 is 0 Å². The lowest BCUT2D eigenvalue weighted by atomic mass is 10.2. The maximum Gasteiger partial charge on any atom is 0.219 e. The minimum absolute atomic E-state index is 0.0237. The van der Waals surface area contributed by atoms with Gasteiger partial charge < -0.3 is 9.84 Å². The topological polar surface area (TPSA) is 42.4 Å². The Balaban J connectivity index is 2.32. The van der Waals surface area contributed by atoms with Crippen LogP contribution in [0.25, 0.3) is 0 Å². The third-order valence-electron chi connectivity index (χ3n) is 2.97. The average molecular weight is 292 g/mol. The zero-order valence-electron chi connectivity index (χ0n) is 11.7. The maximum atomic E-state index is 9.32. The summed E-state index contributed by atoms with van der Waals surface area (Å²) in [4.78, 5) is 4.46. The average Bonchev–Trinajstić information content (AvgIpc) is 2.43. The van der Waals surface area contributed by atoms with Crippen LogP contribution in [-0.4, -0.2) is 10.1 Å². The molecule has 0 amide bonds. The van der Waals surface area contributed by atoms with Crippen molar-refractivity contribution in [1.29, 1.82) is 0 Å². The molecule has 0 radical (unpaired) electrons. The number of hydrogen-bond acceptors (Lipinski definition) is 3. The van der Waals surface area contributed by atoms with Gasteiger partial charge in [-0.1, -0.05) is 31.0 Å². The van der Waals surface area contributed by atoms with E-state index in [9.17, 15) is 5.11 Å². The van der Waals surface area contributed by atoms with E-state index in [1.165, 1.54) is 0 Å². The van der Waals surface area contributed by atoms with Crippen LogP contribution in [0.5, 0.6) is 11.6 Å². The van der Waals surface area contributed by atoms with Gasteiger partial charge in [0.2, 0.25) is 5.88 Å². The fraction of sp³-hybridized carbons (Fsp3) is 0.312. The number of aliphatic hydroxyl groups is 1. The van der Waals surface area contributed by atoms with Gasteiger partial charge in [-0.25, -0.2) is 4.98 Å². The van der Waals surface area contributed by atoms with E-state index < -0.39 is 0 Å². The Bertz CT molecular complexity index is 599. The Morgan fingerprint density at radius 3 is 2.75 bits per heavy atom. The summed E-state index contributed by atoms with van der Waals surface area (Å²) in [5.74, 6) is 1.17. The molecule has 0 aliphatic carbocycles. The van der Waals surface area contributed by atoms with Gasteiger partial charge in [-0.2, -0.15) is 0 Å². The third kappa shape index (κ3) is 3.71. The number of ether oxygens (including phenoxy) is 1. The molecule has 2 aromatic rings. The predicted octanol–water partition coefficient (Wildman–Crippen LogP) is 4.28. The fourth-order valence-corrected chi connectivity index (χ4v) is 2.11. The van der Waals surface area contributed by atoms with Crippen LogP contribution in [0.15, 0.2) is 30.3 Å². The molecule has 0 aliphatic heterocycles. The molecule has 0 fully saturated rings. The molecule has 4 heteroatoms. The molecule has 0 saturated heterocycles. The molecular weight excluding hydrogens is 274 g/mol. The summed E-state index contributed by atoms with van der Waals surface area (Å²) < 4.78 is 5.81. The van der Waals surface area contributed by atoms with Gasteiger partial charge in [-0.3, -0.25) is 0 Å². The molecule has 1 N–H and O–H groups in total. The van der Waals surface area contributed by atoms with Crippen molar-refractivity contribution in [3.63, 3.8) is 0 Å². The second-order valence-electron chi connectivity index (χ2n) is 4.72. The molecular formula is C16H18ClNO2. The quantitative estimate of drug-likeness (QED) is 0.894. The van der Waals surface area contributed by atoms with Crippen molar-refractivity contribution in [2.75, 3.05) is 0 Å². The number of pyridine rings is 1. The van der Waals surface area contributed by atoms with E-state index in [0.717, 1.165) is 29.7 Å². The lowest BCUT2D eigenvalue weighted by molar-refractivity contribution is 0.280. The van der Waals surface area contributed by atoms with Crippen LogP contribution in [0.4, 0.5) is 0 Å². The highest BCUT2D eigenvalue weighted by Gasteiger charge is 2.07. The van der Waals surface area contributed by atoms with Crippen molar-refractivity contribution in [3.05, 3.63) is 52.2 Å². The van der Waals surface area contributed by atoms with Crippen LogP contribution >= 0.6 is 11.6 Å². The molecule has 3 nitrogen and oxygen atoms in total. The Kier molecular flexibility index (Phi) is 4.99. The van der Waals surface area contributed by atoms with Crippen LogP contribution < -0.4 is 4.74 Å². The molecule has 0 unspecified atom stereocenters. The Hall–Kier alpha value is -1.58. The summed E-state index contributed by atoms with van der Waals surface area (Å²) in [6.45, 7) is 4.02. The summed E-state index contributed by atoms with van der Waals surface area (Å²) in [5.41, 5.74) is 2.72. The molecule has 1 aromatic carbocycles. The predicted molar refractivity (Wildman–Crippen MR) is 80.4 cm³/mol. The number of rotatable bonds is 5. The normalized spacial score (nSPS) is 10.6. The number of nitrogens with zero attached hydrogens (tertiary/aromatic N) is 1. The zero-order chi connectivity index (χ0) is 14.5. The van der Waals surface area contributed by atoms with Crippen LogP contribution in [0.2, 0.25) is 5.02 Å². The monoisotopic (exact) mass is 291 g/mol. The van der Waals surface area contributed by atoms with Crippen LogP contribution in [0.1, 0.15) is 30.2 Å². The Morgan fingerprint density at radius 2 is 2.05 bits per heavy atom. The first-order chi connectivity index (χ1) is 9.62. The van der Waals surface area contributed by atoms with Crippen molar-refractivity contribution < 1.29 is 9.84 Å². The lowest BCUT2D eigenvalue weighted by Crippen LogP contribution is -1.97. The number of aromatic nitrogens is 1. The molecule has 0 aliphatic rings. The first kappa shape index (κ1) is 14.8. The van der Waals surface area contributed by atoms with Crippen molar-refractivity contribution >= 4 is 11.6 Å². The highest BCUT2D eigenvalue weighted by atomic mass is 35.5. The van der Waals surface area contributed by atoms with Crippen molar-refractivity contribution in [1.82, 2.24) is 4.98 Å². The lowest BCUT2D eigenvalue weighted by Gasteiger charge is -2.11. The van der Waals surface area contributed by atoms with E-state index in [4.69, 9.17) is 16.3 Å². The number of benzene rings is 1. The molecule has 0 spiro atoms. The summed E-state index contributed by atoms with van der Waals surface area (Å²) in [7, 11) is 0. The van der Waals surface area contributed by atoms with E-state index in [1.807, 2.05) is 25.1 Å². The highest BCUT2D eigenvalue weighted by Crippen LogP contribution is 2.27. The minimum Gasteiger partial charge on any atom is -0.439 e. The second-order valence-corrected chi connectivity index (χ2v) is 5.16. The summed E-state index contributed by atoms with van der Waals surface area (Å²) in [6.07, 6.45) is 1.86. The van der Waals surface area contributed by atoms with Gasteiger partial charge in [0.1, 0.15) is 5.75 Å². The van der Waals surface area contributed by atoms with Crippen LogP contribution in [0, 0.1) is 6.92 Å². The molecule has 20 heavy (non-hydrogen) atoms. The van der Waals surface area contributed by atoms with Gasteiger partial charge in [0.05, 0.1) is 6.61 Å². The molecule has 2 rings (SSSR count). The first-order valence-corrected chi connectivity index (χ1v) is 7.05. The standard InChI is InChI=1S/C16H18ClNO2/c1-3-4-14-7-12(10-19)8-16(18-14)20-15-9-13(17)6-5-11(15)2/h5-9,19H,3-4,10H2,1-2H3. The van der Waals surface area contributed by atoms with E-state index in [0.29, 0.717) is 16.7 Å². The van der Waals surface area contributed by atoms with Gasteiger partial charge in [-0.05, 0) is 42.7 Å². The fourth-order valence-electron chi connectivity index (χ4n) is 1.94. The molecule has 106 valence electrons. The van der Waals surface area contributed by atoms with Crippen LogP contribution in [0.3, 0.4) is 0 Å². The molecule has 0 atom stereocenters. The van der Waals surface area contributed by atoms with Crippen molar-refractivity contribution in [2.45, 2.75) is 33.3 Å². The smallest absolute Gasteiger partial charge is 0.219 e. The molecule has 1 aromatic heterocycles. The minimum atomic E-state index is -0.0237. The van der Waals surface area contributed by atoms with E-state index in [1.54, 1.807) is 12.1 Å². The van der Waals surface area contributed by atoms with E-state index >= 15 is 0 Å². The first-order valence-electron chi connectivity index (χ1n) is 6.67. The van der Waals surface area contributed by atoms with Crippen molar-refractivity contribution in [2.24, 2.45) is 0 Å². The van der Waals surface area contributed by atoms with Gasteiger partial charge in [-0.15, -0.1) is 0 Å². The highest BCUT2D eigenvalue weighted by molar-refractivity contribution is 6.30. The van der Waals surface area contributed by atoms with Gasteiger partial charge in [0.25, 0.3) is 0 Å². The number of aryl methyl sites for hydroxylation is 2. The van der Waals surface area contributed by atoms with Gasteiger partial charge in [0, 0.05) is 16.8 Å². The largest absolute Gasteiger partial charge is 0.439 e. The van der Waals surface area contributed by atoms with Crippen LogP contribution in [-0.2, 0) is 13.0 Å². The zero-order valence-corrected chi connectivity index (χ0v) is 12.4. The van der Waals surface area contributed by atoms with E-state index in [-0.39, 0.29) is 6.61 Å². The molecule has 0 saturated carbocycles. The Morgan fingerprint density at radius 1 is 1.25 bits per heavy atom. The number of hydrogen-bond donors (Lipinski definition) is 1. The number of aliphatic hydroxyl groups excluding tert-OH is 1. The van der Waals surface area contributed by atoms with Gasteiger partial charge in [0.15, 0.2) is 0 Å². The van der Waals surface area contributed by atoms with Crippen molar-refractivity contribution in [3.8, 4) is 11.6 Å². The summed E-state index contributed by atoms with van der Waals surface area (Å²) in [5, 5.41) is 9.94. The Labute approximate surface area is 124 Å².